The van der Waals surface area contributed by atoms with Crippen molar-refractivity contribution >= 4 is 17.2 Å². The van der Waals surface area contributed by atoms with Gasteiger partial charge in [0, 0.05) is 56.6 Å². The Labute approximate surface area is 187 Å². The number of morpholine rings is 1. The summed E-state index contributed by atoms with van der Waals surface area (Å²) in [6, 6.07) is 12.6. The molecule has 1 fully saturated rings. The number of ether oxygens (including phenoxy) is 1. The fraction of sp³-hybridized carbons (Fsp3) is 0.375. The van der Waals surface area contributed by atoms with Gasteiger partial charge in [-0.25, -0.2) is 4.98 Å². The number of likely N-dealkylation sites (N-methyl/N-ethyl adjacent to an activating group) is 1. The summed E-state index contributed by atoms with van der Waals surface area (Å²) in [5.41, 5.74) is 4.41. The predicted molar refractivity (Wildman–Crippen MR) is 123 cm³/mol. The average molecular weight is 437 g/mol. The average Bonchev–Trinajstić information content (AvgIpc) is 3.28. The van der Waals surface area contributed by atoms with E-state index < -0.39 is 0 Å². The largest absolute Gasteiger partial charge is 0.379 e. The molecule has 0 bridgehead atoms. The Hall–Kier alpha value is -2.61. The molecular weight excluding hydrogens is 408 g/mol. The predicted octanol–water partition coefficient (Wildman–Crippen LogP) is 3.28. The van der Waals surface area contributed by atoms with Crippen molar-refractivity contribution in [1.82, 2.24) is 19.8 Å². The highest BCUT2D eigenvalue weighted by Gasteiger charge is 2.14. The lowest BCUT2D eigenvalue weighted by Crippen LogP contribution is -2.35. The van der Waals surface area contributed by atoms with E-state index in [-0.39, 0.29) is 5.91 Å². The minimum absolute atomic E-state index is 0.0896. The summed E-state index contributed by atoms with van der Waals surface area (Å²) in [5, 5.41) is 2.95. The highest BCUT2D eigenvalue weighted by Crippen LogP contribution is 2.25. The lowest BCUT2D eigenvalue weighted by molar-refractivity contribution is -0.129. The van der Waals surface area contributed by atoms with Crippen molar-refractivity contribution in [2.24, 2.45) is 0 Å². The van der Waals surface area contributed by atoms with Crippen LogP contribution in [0.1, 0.15) is 16.8 Å². The number of benzene rings is 1. The first kappa shape index (κ1) is 21.6. The van der Waals surface area contributed by atoms with Crippen LogP contribution in [0.3, 0.4) is 0 Å². The number of pyridine rings is 1. The standard InChI is InChI=1S/C24H28N4O2S/c1-27(11-8-19-6-9-25-10-7-19)23(29)16-22-18-31-24(26-22)21-4-2-20(3-5-21)17-28-12-14-30-15-13-28/h2-7,9-10,18H,8,11-17H2,1H3. The summed E-state index contributed by atoms with van der Waals surface area (Å²) in [4.78, 5) is 25.5. The van der Waals surface area contributed by atoms with Gasteiger partial charge in [0.1, 0.15) is 5.01 Å². The zero-order valence-corrected chi connectivity index (χ0v) is 18.7. The molecule has 3 heterocycles. The molecule has 2 aromatic heterocycles. The molecule has 0 atom stereocenters. The van der Waals surface area contributed by atoms with Crippen molar-refractivity contribution in [2.45, 2.75) is 19.4 Å². The third-order valence-corrected chi connectivity index (χ3v) is 6.45. The van der Waals surface area contributed by atoms with Crippen LogP contribution >= 0.6 is 11.3 Å². The molecule has 0 spiro atoms. The highest BCUT2D eigenvalue weighted by atomic mass is 32.1. The topological polar surface area (TPSA) is 58.6 Å². The van der Waals surface area contributed by atoms with E-state index in [0.717, 1.165) is 55.5 Å². The third kappa shape index (κ3) is 6.19. The first-order chi connectivity index (χ1) is 15.2. The van der Waals surface area contributed by atoms with E-state index in [0.29, 0.717) is 13.0 Å². The third-order valence-electron chi connectivity index (χ3n) is 5.51. The number of carbonyl (C=O) groups excluding carboxylic acids is 1. The van der Waals surface area contributed by atoms with Crippen molar-refractivity contribution in [2.75, 3.05) is 39.9 Å². The summed E-state index contributed by atoms with van der Waals surface area (Å²) in [6.45, 7) is 5.25. The molecule has 0 unspecified atom stereocenters. The normalized spacial score (nSPS) is 14.5. The number of hydrogen-bond acceptors (Lipinski definition) is 6. The van der Waals surface area contributed by atoms with E-state index in [4.69, 9.17) is 9.72 Å². The van der Waals surface area contributed by atoms with E-state index in [2.05, 4.69) is 34.1 Å². The van der Waals surface area contributed by atoms with Gasteiger partial charge in [-0.1, -0.05) is 24.3 Å². The molecule has 0 aliphatic carbocycles. The molecule has 6 nitrogen and oxygen atoms in total. The Balaban J connectivity index is 1.29. The summed E-state index contributed by atoms with van der Waals surface area (Å²) in [7, 11) is 1.85. The van der Waals surface area contributed by atoms with Crippen molar-refractivity contribution in [3.05, 3.63) is 71.0 Å². The van der Waals surface area contributed by atoms with Crippen LogP contribution in [0.4, 0.5) is 0 Å². The maximum Gasteiger partial charge on any atom is 0.228 e. The molecule has 7 heteroatoms. The molecule has 0 radical (unpaired) electrons. The number of thiazole rings is 1. The fourth-order valence-electron chi connectivity index (χ4n) is 3.55. The second kappa shape index (κ2) is 10.6. The summed E-state index contributed by atoms with van der Waals surface area (Å²) >= 11 is 1.59. The molecule has 4 rings (SSSR count). The van der Waals surface area contributed by atoms with Crippen LogP contribution in [0.5, 0.6) is 0 Å². The van der Waals surface area contributed by atoms with Crippen molar-refractivity contribution in [1.29, 1.82) is 0 Å². The number of aromatic nitrogens is 2. The van der Waals surface area contributed by atoms with Crippen LogP contribution in [0, 0.1) is 0 Å². The van der Waals surface area contributed by atoms with Crippen molar-refractivity contribution < 1.29 is 9.53 Å². The van der Waals surface area contributed by atoms with Gasteiger partial charge >= 0.3 is 0 Å². The maximum absolute atomic E-state index is 12.6. The lowest BCUT2D eigenvalue weighted by Gasteiger charge is -2.26. The van der Waals surface area contributed by atoms with E-state index >= 15 is 0 Å². The number of hydrogen-bond donors (Lipinski definition) is 0. The Bertz CT molecular complexity index is 969. The van der Waals surface area contributed by atoms with Crippen LogP contribution in [0.15, 0.2) is 54.2 Å². The Kier molecular flexibility index (Phi) is 7.40. The SMILES string of the molecule is CN(CCc1ccncc1)C(=O)Cc1csc(-c2ccc(CN3CCOCC3)cc2)n1. The minimum Gasteiger partial charge on any atom is -0.379 e. The highest BCUT2D eigenvalue weighted by molar-refractivity contribution is 7.13. The summed E-state index contributed by atoms with van der Waals surface area (Å²) < 4.78 is 5.41. The van der Waals surface area contributed by atoms with Gasteiger partial charge in [-0.05, 0) is 29.7 Å². The molecule has 162 valence electrons. The van der Waals surface area contributed by atoms with E-state index in [1.165, 1.54) is 11.1 Å². The minimum atomic E-state index is 0.0896. The zero-order chi connectivity index (χ0) is 21.5. The molecule has 1 saturated heterocycles. The number of rotatable bonds is 8. The molecule has 0 saturated carbocycles. The zero-order valence-electron chi connectivity index (χ0n) is 17.9. The monoisotopic (exact) mass is 436 g/mol. The number of nitrogens with zero attached hydrogens (tertiary/aromatic N) is 4. The van der Waals surface area contributed by atoms with Gasteiger partial charge in [0.25, 0.3) is 0 Å². The van der Waals surface area contributed by atoms with Crippen LogP contribution < -0.4 is 0 Å². The molecule has 3 aromatic rings. The molecule has 31 heavy (non-hydrogen) atoms. The maximum atomic E-state index is 12.6. The van der Waals surface area contributed by atoms with Gasteiger partial charge in [-0.15, -0.1) is 11.3 Å². The van der Waals surface area contributed by atoms with Crippen molar-refractivity contribution in [3.63, 3.8) is 0 Å². The Morgan fingerprint density at radius 1 is 1.10 bits per heavy atom. The molecule has 0 N–H and O–H groups in total. The van der Waals surface area contributed by atoms with Crippen LogP contribution in [0.25, 0.3) is 10.6 Å². The van der Waals surface area contributed by atoms with Gasteiger partial charge in [-0.2, -0.15) is 0 Å². The van der Waals surface area contributed by atoms with Crippen LogP contribution in [-0.2, 0) is 28.9 Å². The summed E-state index contributed by atoms with van der Waals surface area (Å²) in [5.74, 6) is 0.0896. The Morgan fingerprint density at radius 2 is 1.84 bits per heavy atom. The van der Waals surface area contributed by atoms with Crippen LogP contribution in [-0.4, -0.2) is 65.6 Å². The van der Waals surface area contributed by atoms with Crippen molar-refractivity contribution in [3.8, 4) is 10.6 Å². The second-order valence-corrected chi connectivity index (χ2v) is 8.69. The Morgan fingerprint density at radius 3 is 2.58 bits per heavy atom. The van der Waals surface area contributed by atoms with E-state index in [1.807, 2.05) is 24.6 Å². The number of carbonyl (C=O) groups is 1. The van der Waals surface area contributed by atoms with Gasteiger partial charge < -0.3 is 9.64 Å². The smallest absolute Gasteiger partial charge is 0.228 e. The molecule has 1 aliphatic heterocycles. The van der Waals surface area contributed by atoms with E-state index in [1.54, 1.807) is 28.6 Å². The fourth-order valence-corrected chi connectivity index (χ4v) is 4.38. The van der Waals surface area contributed by atoms with Gasteiger partial charge in [0.2, 0.25) is 5.91 Å². The van der Waals surface area contributed by atoms with E-state index in [9.17, 15) is 4.79 Å². The molecule has 1 aliphatic rings. The van der Waals surface area contributed by atoms with Gasteiger partial charge in [-0.3, -0.25) is 14.7 Å². The summed E-state index contributed by atoms with van der Waals surface area (Å²) in [6.07, 6.45) is 4.72. The molecular formula is C24H28N4O2S. The second-order valence-electron chi connectivity index (χ2n) is 7.83. The van der Waals surface area contributed by atoms with Gasteiger partial charge in [0.05, 0.1) is 25.3 Å². The van der Waals surface area contributed by atoms with Crippen LogP contribution in [0.2, 0.25) is 0 Å². The quantitative estimate of drug-likeness (QED) is 0.542. The molecule has 1 amide bonds. The first-order valence-electron chi connectivity index (χ1n) is 10.6. The number of amides is 1. The molecule has 1 aromatic carbocycles. The lowest BCUT2D eigenvalue weighted by atomic mass is 10.1. The van der Waals surface area contributed by atoms with Gasteiger partial charge in [0.15, 0.2) is 0 Å². The first-order valence-corrected chi connectivity index (χ1v) is 11.5.